The first-order valence-corrected chi connectivity index (χ1v) is 10.6. The minimum Gasteiger partial charge on any atom is -0.497 e. The molecular weight excluding hydrogens is 396 g/mol. The topological polar surface area (TPSA) is 91.3 Å². The molecule has 0 unspecified atom stereocenters. The average molecular weight is 429 g/mol. The third-order valence-corrected chi connectivity index (χ3v) is 5.89. The Labute approximate surface area is 183 Å². The summed E-state index contributed by atoms with van der Waals surface area (Å²) < 4.78 is 10.6. The summed E-state index contributed by atoms with van der Waals surface area (Å²) in [5, 5.41) is 24.7. The Balaban J connectivity index is 1.48. The van der Waals surface area contributed by atoms with Gasteiger partial charge in [-0.25, -0.2) is 0 Å². The molecule has 0 saturated carbocycles. The second-order valence-electron chi connectivity index (χ2n) is 7.98. The second-order valence-corrected chi connectivity index (χ2v) is 7.98. The molecule has 7 heteroatoms. The number of hydrogen-bond donors (Lipinski definition) is 3. The molecule has 2 aromatic rings. The van der Waals surface area contributed by atoms with Crippen molar-refractivity contribution in [2.45, 2.75) is 37.5 Å². The van der Waals surface area contributed by atoms with Gasteiger partial charge < -0.3 is 29.9 Å². The number of piperidine rings is 1. The lowest BCUT2D eigenvalue weighted by atomic mass is 9.88. The summed E-state index contributed by atoms with van der Waals surface area (Å²) in [6.45, 7) is 1.25. The van der Waals surface area contributed by atoms with Crippen LogP contribution in [0, 0.1) is 0 Å². The maximum Gasteiger partial charge on any atom is 0.222 e. The first-order valence-electron chi connectivity index (χ1n) is 10.6. The highest BCUT2D eigenvalue weighted by Crippen LogP contribution is 2.26. The zero-order valence-electron chi connectivity index (χ0n) is 18.2. The van der Waals surface area contributed by atoms with E-state index in [1.54, 1.807) is 25.2 Å². The van der Waals surface area contributed by atoms with Gasteiger partial charge in [0.1, 0.15) is 23.2 Å². The molecule has 31 heavy (non-hydrogen) atoms. The number of rotatable bonds is 9. The van der Waals surface area contributed by atoms with E-state index >= 15 is 0 Å². The van der Waals surface area contributed by atoms with Crippen molar-refractivity contribution in [1.29, 1.82) is 0 Å². The SMILES string of the molecule is COc1ccc(CNC[C@@]2(O)CCN(C(=O)CCc3ccccc3)C[C@@H]2O)c(OC)c1. The molecule has 1 saturated heterocycles. The van der Waals surface area contributed by atoms with Crippen LogP contribution in [-0.2, 0) is 17.8 Å². The summed E-state index contributed by atoms with van der Waals surface area (Å²) in [5.41, 5.74) is 0.758. The van der Waals surface area contributed by atoms with Crippen molar-refractivity contribution in [3.63, 3.8) is 0 Å². The van der Waals surface area contributed by atoms with E-state index in [9.17, 15) is 15.0 Å². The lowest BCUT2D eigenvalue weighted by Gasteiger charge is -2.42. The maximum absolute atomic E-state index is 12.5. The number of carbonyl (C=O) groups excluding carboxylic acids is 1. The van der Waals surface area contributed by atoms with Crippen LogP contribution in [0.5, 0.6) is 11.5 Å². The van der Waals surface area contributed by atoms with E-state index in [0.29, 0.717) is 43.9 Å². The number of hydrogen-bond acceptors (Lipinski definition) is 6. The Hall–Kier alpha value is -2.61. The Morgan fingerprint density at radius 1 is 1.19 bits per heavy atom. The van der Waals surface area contributed by atoms with E-state index in [-0.39, 0.29) is 19.0 Å². The summed E-state index contributed by atoms with van der Waals surface area (Å²) in [5.74, 6) is 1.40. The lowest BCUT2D eigenvalue weighted by molar-refractivity contribution is -0.148. The molecule has 0 bridgehead atoms. The van der Waals surface area contributed by atoms with Crippen LogP contribution in [0.2, 0.25) is 0 Å². The van der Waals surface area contributed by atoms with Gasteiger partial charge in [0, 0.05) is 44.2 Å². The Bertz CT molecular complexity index is 860. The number of β-amino-alcohol motifs (C(OH)–C–C–N with tert-alkyl or cyclic N) is 1. The molecule has 168 valence electrons. The number of ether oxygens (including phenoxy) is 2. The molecule has 0 radical (unpaired) electrons. The number of methoxy groups -OCH3 is 2. The third kappa shape index (κ3) is 5.97. The van der Waals surface area contributed by atoms with Gasteiger partial charge in [0.25, 0.3) is 0 Å². The maximum atomic E-state index is 12.5. The van der Waals surface area contributed by atoms with Crippen molar-refractivity contribution in [3.8, 4) is 11.5 Å². The van der Waals surface area contributed by atoms with Gasteiger partial charge in [0.15, 0.2) is 0 Å². The highest BCUT2D eigenvalue weighted by Gasteiger charge is 2.41. The molecule has 1 amide bonds. The average Bonchev–Trinajstić information content (AvgIpc) is 2.80. The number of carbonyl (C=O) groups is 1. The van der Waals surface area contributed by atoms with Crippen LogP contribution in [0.4, 0.5) is 0 Å². The Morgan fingerprint density at radius 2 is 1.97 bits per heavy atom. The van der Waals surface area contributed by atoms with Gasteiger partial charge in [0.2, 0.25) is 5.91 Å². The van der Waals surface area contributed by atoms with Crippen LogP contribution in [-0.4, -0.2) is 66.6 Å². The fourth-order valence-electron chi connectivity index (χ4n) is 3.86. The molecule has 0 aliphatic carbocycles. The molecule has 1 aliphatic rings. The molecule has 0 aromatic heterocycles. The molecule has 1 aliphatic heterocycles. The molecule has 0 spiro atoms. The molecule has 1 fully saturated rings. The molecule has 2 atom stereocenters. The zero-order valence-corrected chi connectivity index (χ0v) is 18.2. The van der Waals surface area contributed by atoms with Gasteiger partial charge in [0.05, 0.1) is 14.2 Å². The summed E-state index contributed by atoms with van der Waals surface area (Å²) >= 11 is 0. The summed E-state index contributed by atoms with van der Waals surface area (Å²) in [6, 6.07) is 15.4. The van der Waals surface area contributed by atoms with E-state index in [1.807, 2.05) is 42.5 Å². The van der Waals surface area contributed by atoms with Crippen molar-refractivity contribution < 1.29 is 24.5 Å². The number of likely N-dealkylation sites (tertiary alicyclic amines) is 1. The number of benzene rings is 2. The summed E-state index contributed by atoms with van der Waals surface area (Å²) in [4.78, 5) is 14.2. The van der Waals surface area contributed by atoms with Gasteiger partial charge in [-0.15, -0.1) is 0 Å². The van der Waals surface area contributed by atoms with E-state index in [4.69, 9.17) is 9.47 Å². The highest BCUT2D eigenvalue weighted by atomic mass is 16.5. The van der Waals surface area contributed by atoms with E-state index in [0.717, 1.165) is 11.1 Å². The van der Waals surface area contributed by atoms with Crippen molar-refractivity contribution >= 4 is 5.91 Å². The van der Waals surface area contributed by atoms with Crippen molar-refractivity contribution in [3.05, 3.63) is 59.7 Å². The summed E-state index contributed by atoms with van der Waals surface area (Å²) in [6.07, 6.45) is 0.372. The van der Waals surface area contributed by atoms with E-state index in [1.165, 1.54) is 0 Å². The predicted molar refractivity (Wildman–Crippen MR) is 118 cm³/mol. The normalized spacial score (nSPS) is 21.0. The first kappa shape index (κ1) is 23.1. The van der Waals surface area contributed by atoms with Gasteiger partial charge in [-0.1, -0.05) is 36.4 Å². The lowest BCUT2D eigenvalue weighted by Crippen LogP contribution is -2.60. The van der Waals surface area contributed by atoms with Gasteiger partial charge in [-0.05, 0) is 24.5 Å². The van der Waals surface area contributed by atoms with Crippen molar-refractivity contribution in [2.24, 2.45) is 0 Å². The fourth-order valence-corrected chi connectivity index (χ4v) is 3.86. The molecule has 2 aromatic carbocycles. The van der Waals surface area contributed by atoms with Crippen LogP contribution in [0.15, 0.2) is 48.5 Å². The molecule has 1 heterocycles. The number of amides is 1. The third-order valence-electron chi connectivity index (χ3n) is 5.89. The van der Waals surface area contributed by atoms with E-state index < -0.39 is 11.7 Å². The van der Waals surface area contributed by atoms with Crippen LogP contribution in [0.1, 0.15) is 24.0 Å². The molecule has 7 nitrogen and oxygen atoms in total. The number of nitrogens with one attached hydrogen (secondary N) is 1. The second kappa shape index (κ2) is 10.6. The van der Waals surface area contributed by atoms with Gasteiger partial charge in [-0.2, -0.15) is 0 Å². The summed E-state index contributed by atoms with van der Waals surface area (Å²) in [7, 11) is 3.20. The minimum atomic E-state index is -1.28. The number of aliphatic hydroxyl groups is 2. The van der Waals surface area contributed by atoms with Crippen LogP contribution in [0.25, 0.3) is 0 Å². The molecular formula is C24H32N2O5. The Kier molecular flexibility index (Phi) is 7.90. The first-order chi connectivity index (χ1) is 14.9. The Morgan fingerprint density at radius 3 is 2.65 bits per heavy atom. The van der Waals surface area contributed by atoms with Crippen LogP contribution < -0.4 is 14.8 Å². The monoisotopic (exact) mass is 428 g/mol. The van der Waals surface area contributed by atoms with Gasteiger partial charge in [-0.3, -0.25) is 4.79 Å². The van der Waals surface area contributed by atoms with Crippen LogP contribution in [0.3, 0.4) is 0 Å². The van der Waals surface area contributed by atoms with Crippen molar-refractivity contribution in [2.75, 3.05) is 33.9 Å². The number of aryl methyl sites for hydroxylation is 1. The molecule has 3 N–H and O–H groups in total. The standard InChI is InChI=1S/C24H32N2O5/c1-30-20-10-9-19(21(14-20)31-2)15-25-17-24(29)12-13-26(16-22(24)27)23(28)11-8-18-6-4-3-5-7-18/h3-7,9-10,14,22,25,27,29H,8,11-13,15-17H2,1-2H3/t22-,24-/m0/s1. The van der Waals surface area contributed by atoms with Crippen LogP contribution >= 0.6 is 0 Å². The zero-order chi connectivity index (χ0) is 22.3. The number of aliphatic hydroxyl groups excluding tert-OH is 1. The quantitative estimate of drug-likeness (QED) is 0.564. The van der Waals surface area contributed by atoms with Gasteiger partial charge >= 0.3 is 0 Å². The number of nitrogens with zero attached hydrogens (tertiary/aromatic N) is 1. The van der Waals surface area contributed by atoms with E-state index in [2.05, 4.69) is 5.32 Å². The largest absolute Gasteiger partial charge is 0.497 e. The molecule has 3 rings (SSSR count). The predicted octanol–water partition coefficient (Wildman–Crippen LogP) is 1.75. The smallest absolute Gasteiger partial charge is 0.222 e. The van der Waals surface area contributed by atoms with Crippen molar-refractivity contribution in [1.82, 2.24) is 10.2 Å². The fraction of sp³-hybridized carbons (Fsp3) is 0.458. The minimum absolute atomic E-state index is 0.000816. The highest BCUT2D eigenvalue weighted by molar-refractivity contribution is 5.76.